The number of nitrogens with zero attached hydrogens (tertiary/aromatic N) is 1. The highest BCUT2D eigenvalue weighted by atomic mass is 16.5. The zero-order valence-corrected chi connectivity index (χ0v) is 15.0. The summed E-state index contributed by atoms with van der Waals surface area (Å²) in [5.74, 6) is 1.64. The van der Waals surface area contributed by atoms with Gasteiger partial charge in [0.15, 0.2) is 0 Å². The fourth-order valence-corrected chi connectivity index (χ4v) is 3.79. The highest BCUT2D eigenvalue weighted by Crippen LogP contribution is 2.41. The number of anilines is 1. The highest BCUT2D eigenvalue weighted by Gasteiger charge is 2.33. The number of hydrogen-bond donors (Lipinski definition) is 2. The van der Waals surface area contributed by atoms with Gasteiger partial charge in [-0.25, -0.2) is 0 Å². The normalized spacial score (nSPS) is 15.3. The Hall–Kier alpha value is -2.82. The van der Waals surface area contributed by atoms with Gasteiger partial charge in [0, 0.05) is 17.8 Å². The molecule has 2 N–H and O–H groups in total. The van der Waals surface area contributed by atoms with Gasteiger partial charge in [-0.15, -0.1) is 0 Å². The van der Waals surface area contributed by atoms with Crippen LogP contribution in [0.25, 0.3) is 0 Å². The molecule has 4 heteroatoms. The van der Waals surface area contributed by atoms with Crippen LogP contribution in [0.3, 0.4) is 0 Å². The number of ether oxygens (including phenoxy) is 1. The Morgan fingerprint density at radius 3 is 2.30 bits per heavy atom. The molecule has 0 saturated carbocycles. The smallest absolute Gasteiger partial charge is 0.132 e. The van der Waals surface area contributed by atoms with Crippen molar-refractivity contribution in [1.29, 1.82) is 0 Å². The van der Waals surface area contributed by atoms with E-state index in [4.69, 9.17) is 4.74 Å². The fourth-order valence-electron chi connectivity index (χ4n) is 3.79. The minimum atomic E-state index is -0.864. The number of para-hydroxylation sites is 1. The van der Waals surface area contributed by atoms with Crippen molar-refractivity contribution in [3.05, 3.63) is 90.0 Å². The van der Waals surface area contributed by atoms with E-state index in [0.717, 1.165) is 41.3 Å². The predicted molar refractivity (Wildman–Crippen MR) is 106 cm³/mol. The Morgan fingerprint density at radius 2 is 1.59 bits per heavy atom. The molecule has 27 heavy (non-hydrogen) atoms. The quantitative estimate of drug-likeness (QED) is 0.698. The summed E-state index contributed by atoms with van der Waals surface area (Å²) >= 11 is 0. The van der Waals surface area contributed by atoms with E-state index in [1.165, 1.54) is 0 Å². The second-order valence-electron chi connectivity index (χ2n) is 6.72. The molecule has 0 amide bonds. The predicted octanol–water partition coefficient (Wildman–Crippen LogP) is 3.94. The maximum atomic E-state index is 10.5. The van der Waals surface area contributed by atoms with Crippen LogP contribution in [0.5, 0.6) is 11.5 Å². The summed E-state index contributed by atoms with van der Waals surface area (Å²) in [4.78, 5) is 2.17. The monoisotopic (exact) mass is 361 g/mol. The van der Waals surface area contributed by atoms with E-state index in [2.05, 4.69) is 11.0 Å². The third kappa shape index (κ3) is 3.54. The van der Waals surface area contributed by atoms with Crippen LogP contribution in [0, 0.1) is 0 Å². The average Bonchev–Trinajstić information content (AvgIpc) is 3.14. The largest absolute Gasteiger partial charge is 0.457 e. The van der Waals surface area contributed by atoms with Crippen LogP contribution in [0.1, 0.15) is 17.2 Å². The van der Waals surface area contributed by atoms with Crippen molar-refractivity contribution in [2.45, 2.75) is 18.6 Å². The van der Waals surface area contributed by atoms with E-state index in [1.807, 2.05) is 72.8 Å². The molecular formula is C23H23NO3. The van der Waals surface area contributed by atoms with E-state index < -0.39 is 6.10 Å². The second kappa shape index (κ2) is 7.82. The van der Waals surface area contributed by atoms with E-state index in [-0.39, 0.29) is 12.6 Å². The molecule has 0 radical (unpaired) electrons. The summed E-state index contributed by atoms with van der Waals surface area (Å²) in [5.41, 5.74) is 3.17. The molecule has 0 unspecified atom stereocenters. The summed E-state index contributed by atoms with van der Waals surface area (Å²) in [5, 5.41) is 20.2. The molecule has 0 spiro atoms. The molecule has 0 aliphatic carbocycles. The van der Waals surface area contributed by atoms with Gasteiger partial charge in [0.2, 0.25) is 0 Å². The molecule has 1 aliphatic rings. The van der Waals surface area contributed by atoms with Gasteiger partial charge in [-0.3, -0.25) is 0 Å². The third-order valence-corrected chi connectivity index (χ3v) is 5.02. The minimum Gasteiger partial charge on any atom is -0.457 e. The lowest BCUT2D eigenvalue weighted by atomic mass is 9.99. The zero-order chi connectivity index (χ0) is 18.6. The second-order valence-corrected chi connectivity index (χ2v) is 6.72. The number of rotatable bonds is 6. The molecular weight excluding hydrogens is 338 g/mol. The van der Waals surface area contributed by atoms with Crippen molar-refractivity contribution in [3.8, 4) is 11.5 Å². The summed E-state index contributed by atoms with van der Waals surface area (Å²) in [7, 11) is 0. The van der Waals surface area contributed by atoms with Gasteiger partial charge in [0.25, 0.3) is 0 Å². The van der Waals surface area contributed by atoms with E-state index >= 15 is 0 Å². The lowest BCUT2D eigenvalue weighted by molar-refractivity contribution is 0.0717. The number of fused-ring (bicyclic) bond motifs is 1. The Balaban J connectivity index is 1.69. The van der Waals surface area contributed by atoms with Gasteiger partial charge in [-0.2, -0.15) is 0 Å². The van der Waals surface area contributed by atoms with Crippen LogP contribution in [0.4, 0.5) is 5.69 Å². The first-order valence-electron chi connectivity index (χ1n) is 9.23. The summed E-state index contributed by atoms with van der Waals surface area (Å²) in [6.45, 7) is 0.479. The fraction of sp³-hybridized carbons (Fsp3) is 0.217. The van der Waals surface area contributed by atoms with Crippen LogP contribution >= 0.6 is 0 Å². The van der Waals surface area contributed by atoms with Crippen molar-refractivity contribution < 1.29 is 14.9 Å². The molecule has 0 saturated heterocycles. The number of hydrogen-bond acceptors (Lipinski definition) is 4. The molecule has 4 rings (SSSR count). The van der Waals surface area contributed by atoms with Gasteiger partial charge in [-0.1, -0.05) is 54.6 Å². The first-order valence-corrected chi connectivity index (χ1v) is 9.23. The van der Waals surface area contributed by atoms with Crippen LogP contribution in [0.15, 0.2) is 78.9 Å². The Morgan fingerprint density at radius 1 is 0.889 bits per heavy atom. The van der Waals surface area contributed by atoms with Crippen LogP contribution in [0.2, 0.25) is 0 Å². The van der Waals surface area contributed by atoms with Crippen molar-refractivity contribution in [2.24, 2.45) is 0 Å². The number of benzene rings is 3. The minimum absolute atomic E-state index is 0.286. The lowest BCUT2D eigenvalue weighted by Crippen LogP contribution is -2.37. The van der Waals surface area contributed by atoms with Crippen molar-refractivity contribution >= 4 is 5.69 Å². The molecule has 3 aromatic rings. The lowest BCUT2D eigenvalue weighted by Gasteiger charge is -2.33. The Labute approximate surface area is 159 Å². The standard InChI is InChI=1S/C23H23NO3/c25-16-21(26)23(17-8-3-1-4-9-17)24-15-14-19-20(24)12-7-13-22(19)27-18-10-5-2-6-11-18/h1-13,21,23,25-26H,14-16H2/t21-,23+/m1/s1. The summed E-state index contributed by atoms with van der Waals surface area (Å²) < 4.78 is 6.10. The molecule has 1 aliphatic heterocycles. The molecule has 4 nitrogen and oxygen atoms in total. The Bertz CT molecular complexity index is 883. The van der Waals surface area contributed by atoms with E-state index in [9.17, 15) is 10.2 Å². The van der Waals surface area contributed by atoms with Crippen LogP contribution in [-0.4, -0.2) is 29.5 Å². The number of aliphatic hydroxyl groups is 2. The highest BCUT2D eigenvalue weighted by molar-refractivity contribution is 5.65. The SMILES string of the molecule is OC[C@@H](O)[C@H](c1ccccc1)N1CCc2c(Oc3ccccc3)cccc21. The van der Waals surface area contributed by atoms with Gasteiger partial charge < -0.3 is 19.8 Å². The van der Waals surface area contributed by atoms with Gasteiger partial charge >= 0.3 is 0 Å². The van der Waals surface area contributed by atoms with Gasteiger partial charge in [0.1, 0.15) is 17.6 Å². The first kappa shape index (κ1) is 17.6. The molecule has 2 atom stereocenters. The summed E-state index contributed by atoms with van der Waals surface area (Å²) in [6.07, 6.45) is -0.0307. The van der Waals surface area contributed by atoms with Crippen LogP contribution in [-0.2, 0) is 6.42 Å². The topological polar surface area (TPSA) is 52.9 Å². The average molecular weight is 361 g/mol. The van der Waals surface area contributed by atoms with Crippen molar-refractivity contribution in [2.75, 3.05) is 18.1 Å². The van der Waals surface area contributed by atoms with E-state index in [0.29, 0.717) is 0 Å². The number of aliphatic hydroxyl groups excluding tert-OH is 2. The van der Waals surface area contributed by atoms with Gasteiger partial charge in [0.05, 0.1) is 12.6 Å². The first-order chi connectivity index (χ1) is 13.3. The zero-order valence-electron chi connectivity index (χ0n) is 15.0. The Kier molecular flexibility index (Phi) is 5.10. The molecule has 138 valence electrons. The summed E-state index contributed by atoms with van der Waals surface area (Å²) in [6, 6.07) is 25.3. The third-order valence-electron chi connectivity index (χ3n) is 5.02. The maximum Gasteiger partial charge on any atom is 0.132 e. The molecule has 0 bridgehead atoms. The maximum absolute atomic E-state index is 10.5. The van der Waals surface area contributed by atoms with Crippen molar-refractivity contribution in [1.82, 2.24) is 0 Å². The molecule has 1 heterocycles. The molecule has 3 aromatic carbocycles. The molecule has 0 aromatic heterocycles. The van der Waals surface area contributed by atoms with Crippen molar-refractivity contribution in [3.63, 3.8) is 0 Å². The van der Waals surface area contributed by atoms with E-state index in [1.54, 1.807) is 0 Å². The van der Waals surface area contributed by atoms with Crippen LogP contribution < -0.4 is 9.64 Å². The molecule has 0 fully saturated rings. The van der Waals surface area contributed by atoms with Gasteiger partial charge in [-0.05, 0) is 36.2 Å².